The van der Waals surface area contributed by atoms with Gasteiger partial charge in [-0.2, -0.15) is 0 Å². The lowest BCUT2D eigenvalue weighted by Crippen LogP contribution is -2.24. The van der Waals surface area contributed by atoms with Gasteiger partial charge in [-0.1, -0.05) is 33.1 Å². The summed E-state index contributed by atoms with van der Waals surface area (Å²) in [7, 11) is 0. The predicted octanol–water partition coefficient (Wildman–Crippen LogP) is 2.66. The predicted molar refractivity (Wildman–Crippen MR) is 52.2 cm³/mol. The number of rotatable bonds is 2. The zero-order valence-corrected chi connectivity index (χ0v) is 8.42. The van der Waals surface area contributed by atoms with Crippen molar-refractivity contribution in [1.82, 2.24) is 4.90 Å². The molecule has 1 nitrogen and oxygen atoms in total. The van der Waals surface area contributed by atoms with Crippen LogP contribution in [-0.4, -0.2) is 23.5 Å². The van der Waals surface area contributed by atoms with E-state index in [1.54, 1.807) is 0 Å². The molecule has 0 aromatic heterocycles. The van der Waals surface area contributed by atoms with Crippen LogP contribution in [0.25, 0.3) is 0 Å². The van der Waals surface area contributed by atoms with Gasteiger partial charge in [0.2, 0.25) is 0 Å². The van der Waals surface area contributed by atoms with Crippen molar-refractivity contribution in [3.05, 3.63) is 0 Å². The summed E-state index contributed by atoms with van der Waals surface area (Å²) in [5.74, 6) is 0.881. The standard InChI is InChI=1S/C11H21N/c1-9(2)11-8-12(11)10-6-4-3-5-7-10/h9-11H,3-8H2,1-2H3. The molecule has 0 aromatic carbocycles. The van der Waals surface area contributed by atoms with E-state index in [4.69, 9.17) is 0 Å². The van der Waals surface area contributed by atoms with E-state index in [2.05, 4.69) is 18.7 Å². The quantitative estimate of drug-likeness (QED) is 0.571. The average molecular weight is 167 g/mol. The van der Waals surface area contributed by atoms with E-state index in [9.17, 15) is 0 Å². The summed E-state index contributed by atoms with van der Waals surface area (Å²) < 4.78 is 0. The van der Waals surface area contributed by atoms with Crippen LogP contribution in [0.15, 0.2) is 0 Å². The molecule has 0 spiro atoms. The maximum Gasteiger partial charge on any atom is 0.0249 e. The van der Waals surface area contributed by atoms with E-state index in [0.717, 1.165) is 18.0 Å². The summed E-state index contributed by atoms with van der Waals surface area (Å²) >= 11 is 0. The minimum absolute atomic E-state index is 0.881. The van der Waals surface area contributed by atoms with Crippen LogP contribution in [0.2, 0.25) is 0 Å². The molecular formula is C11H21N. The highest BCUT2D eigenvalue weighted by molar-refractivity contribution is 4.96. The lowest BCUT2D eigenvalue weighted by Gasteiger charge is -2.24. The van der Waals surface area contributed by atoms with Gasteiger partial charge in [0.05, 0.1) is 0 Å². The molecule has 2 atom stereocenters. The van der Waals surface area contributed by atoms with Crippen LogP contribution in [0.3, 0.4) is 0 Å². The largest absolute Gasteiger partial charge is 0.294 e. The van der Waals surface area contributed by atoms with Gasteiger partial charge in [-0.3, -0.25) is 4.90 Å². The van der Waals surface area contributed by atoms with Crippen LogP contribution >= 0.6 is 0 Å². The normalized spacial score (nSPS) is 37.2. The van der Waals surface area contributed by atoms with Gasteiger partial charge in [-0.15, -0.1) is 0 Å². The van der Waals surface area contributed by atoms with Gasteiger partial charge in [-0.05, 0) is 18.8 Å². The molecule has 1 aliphatic carbocycles. The number of hydrogen-bond acceptors (Lipinski definition) is 1. The monoisotopic (exact) mass is 167 g/mol. The molecule has 1 aliphatic heterocycles. The summed E-state index contributed by atoms with van der Waals surface area (Å²) in [6.45, 7) is 6.10. The van der Waals surface area contributed by atoms with Gasteiger partial charge in [0, 0.05) is 18.6 Å². The Hall–Kier alpha value is -0.0400. The Morgan fingerprint density at radius 1 is 1.08 bits per heavy atom. The SMILES string of the molecule is CC(C)C1CN1C1CCCCC1. The van der Waals surface area contributed by atoms with Crippen molar-refractivity contribution < 1.29 is 0 Å². The molecule has 0 aromatic rings. The van der Waals surface area contributed by atoms with E-state index in [1.165, 1.54) is 38.6 Å². The second-order valence-electron chi connectivity index (χ2n) is 4.80. The summed E-state index contributed by atoms with van der Waals surface area (Å²) in [5.41, 5.74) is 0. The van der Waals surface area contributed by atoms with Gasteiger partial charge >= 0.3 is 0 Å². The van der Waals surface area contributed by atoms with Crippen molar-refractivity contribution in [3.63, 3.8) is 0 Å². The molecule has 12 heavy (non-hydrogen) atoms. The van der Waals surface area contributed by atoms with Crippen molar-refractivity contribution in [3.8, 4) is 0 Å². The van der Waals surface area contributed by atoms with E-state index in [0.29, 0.717) is 0 Å². The van der Waals surface area contributed by atoms with Crippen molar-refractivity contribution in [2.75, 3.05) is 6.54 Å². The molecule has 1 heteroatoms. The van der Waals surface area contributed by atoms with E-state index in [-0.39, 0.29) is 0 Å². The smallest absolute Gasteiger partial charge is 0.0249 e. The number of nitrogens with zero attached hydrogens (tertiary/aromatic N) is 1. The molecule has 1 heterocycles. The minimum atomic E-state index is 0.881. The minimum Gasteiger partial charge on any atom is -0.294 e. The average Bonchev–Trinajstić information content (AvgIpc) is 2.84. The first-order chi connectivity index (χ1) is 5.79. The third-order valence-electron chi connectivity index (χ3n) is 3.50. The second-order valence-corrected chi connectivity index (χ2v) is 4.80. The van der Waals surface area contributed by atoms with Gasteiger partial charge in [0.15, 0.2) is 0 Å². The molecule has 0 N–H and O–H groups in total. The molecule has 1 saturated carbocycles. The molecule has 2 rings (SSSR count). The zero-order valence-electron chi connectivity index (χ0n) is 8.42. The van der Waals surface area contributed by atoms with Gasteiger partial charge in [0.25, 0.3) is 0 Å². The first-order valence-electron chi connectivity index (χ1n) is 5.55. The lowest BCUT2D eigenvalue weighted by molar-refractivity contribution is 0.268. The zero-order chi connectivity index (χ0) is 8.55. The van der Waals surface area contributed by atoms with E-state index in [1.807, 2.05) is 0 Å². The fraction of sp³-hybridized carbons (Fsp3) is 1.00. The molecule has 0 bridgehead atoms. The Bertz CT molecular complexity index is 147. The van der Waals surface area contributed by atoms with Crippen LogP contribution in [-0.2, 0) is 0 Å². The Morgan fingerprint density at radius 2 is 1.75 bits per heavy atom. The first kappa shape index (κ1) is 8.55. The van der Waals surface area contributed by atoms with Crippen LogP contribution in [0.1, 0.15) is 46.0 Å². The summed E-state index contributed by atoms with van der Waals surface area (Å²) in [6.07, 6.45) is 7.39. The fourth-order valence-electron chi connectivity index (χ4n) is 2.60. The molecule has 2 unspecified atom stereocenters. The molecule has 2 fully saturated rings. The Kier molecular flexibility index (Phi) is 2.40. The Labute approximate surface area is 76.1 Å². The van der Waals surface area contributed by atoms with Crippen molar-refractivity contribution in [2.24, 2.45) is 5.92 Å². The summed E-state index contributed by atoms with van der Waals surface area (Å²) in [4.78, 5) is 2.73. The molecule has 0 amide bonds. The van der Waals surface area contributed by atoms with Crippen LogP contribution in [0, 0.1) is 5.92 Å². The van der Waals surface area contributed by atoms with Crippen LogP contribution in [0.5, 0.6) is 0 Å². The van der Waals surface area contributed by atoms with E-state index >= 15 is 0 Å². The van der Waals surface area contributed by atoms with Crippen LogP contribution < -0.4 is 0 Å². The molecule has 1 saturated heterocycles. The maximum atomic E-state index is 2.73. The third-order valence-corrected chi connectivity index (χ3v) is 3.50. The maximum absolute atomic E-state index is 2.73. The van der Waals surface area contributed by atoms with Crippen molar-refractivity contribution >= 4 is 0 Å². The second kappa shape index (κ2) is 3.37. The fourth-order valence-corrected chi connectivity index (χ4v) is 2.60. The Balaban J connectivity index is 1.79. The summed E-state index contributed by atoms with van der Waals surface area (Å²) in [5, 5.41) is 0. The highest BCUT2D eigenvalue weighted by Gasteiger charge is 2.41. The lowest BCUT2D eigenvalue weighted by atomic mass is 9.95. The topological polar surface area (TPSA) is 3.01 Å². The van der Waals surface area contributed by atoms with Crippen molar-refractivity contribution in [1.29, 1.82) is 0 Å². The highest BCUT2D eigenvalue weighted by Crippen LogP contribution is 2.34. The Morgan fingerprint density at radius 3 is 2.25 bits per heavy atom. The number of hydrogen-bond donors (Lipinski definition) is 0. The molecular weight excluding hydrogens is 146 g/mol. The third kappa shape index (κ3) is 1.66. The molecule has 2 aliphatic rings. The first-order valence-corrected chi connectivity index (χ1v) is 5.55. The van der Waals surface area contributed by atoms with Gasteiger partial charge in [-0.25, -0.2) is 0 Å². The molecule has 70 valence electrons. The summed E-state index contributed by atoms with van der Waals surface area (Å²) in [6, 6.07) is 1.90. The van der Waals surface area contributed by atoms with E-state index < -0.39 is 0 Å². The van der Waals surface area contributed by atoms with Crippen molar-refractivity contribution in [2.45, 2.75) is 58.0 Å². The van der Waals surface area contributed by atoms with Gasteiger partial charge < -0.3 is 0 Å². The molecule has 0 radical (unpaired) electrons. The van der Waals surface area contributed by atoms with Gasteiger partial charge in [0.1, 0.15) is 0 Å². The highest BCUT2D eigenvalue weighted by atomic mass is 15.3. The van der Waals surface area contributed by atoms with Crippen LogP contribution in [0.4, 0.5) is 0 Å².